The van der Waals surface area contributed by atoms with Crippen LogP contribution in [0.3, 0.4) is 0 Å². The zero-order valence-corrected chi connectivity index (χ0v) is 14.7. The molecule has 0 saturated carbocycles. The van der Waals surface area contributed by atoms with Crippen LogP contribution in [0.5, 0.6) is 0 Å². The highest BCUT2D eigenvalue weighted by atomic mass is 31.1. The zero-order chi connectivity index (χ0) is 18.0. The highest BCUT2D eigenvalue weighted by Crippen LogP contribution is 2.37. The summed E-state index contributed by atoms with van der Waals surface area (Å²) < 4.78 is 8.74. The second-order valence-corrected chi connectivity index (χ2v) is 6.35. The standard InChI is InChI=1S/C21H16.H3O3P/c1-3-6-16-13-17-10-9-14-7-5-8-15-11-12-19(18(16)4-2)21(17)20(14)15;1-4(2)3/h3-5,7-13H,1-2,6H2;4H,(H2,1,2,3). The van der Waals surface area contributed by atoms with Gasteiger partial charge in [0.1, 0.15) is 0 Å². The first-order valence-corrected chi connectivity index (χ1v) is 9.21. The lowest BCUT2D eigenvalue weighted by atomic mass is 9.88. The van der Waals surface area contributed by atoms with Crippen molar-refractivity contribution in [3.8, 4) is 0 Å². The lowest BCUT2D eigenvalue weighted by Gasteiger charge is -2.15. The molecule has 4 heteroatoms. The van der Waals surface area contributed by atoms with Gasteiger partial charge in [0.2, 0.25) is 0 Å². The van der Waals surface area contributed by atoms with Crippen molar-refractivity contribution in [3.05, 3.63) is 78.9 Å². The van der Waals surface area contributed by atoms with Gasteiger partial charge in [0.15, 0.2) is 0 Å². The molecule has 4 aromatic carbocycles. The van der Waals surface area contributed by atoms with Gasteiger partial charge >= 0.3 is 8.25 Å². The molecule has 126 valence electrons. The second-order valence-electron chi connectivity index (χ2n) is 5.78. The highest BCUT2D eigenvalue weighted by molar-refractivity contribution is 7.30. The highest BCUT2D eigenvalue weighted by Gasteiger charge is 2.12. The molecule has 3 nitrogen and oxygen atoms in total. The Hall–Kier alpha value is -2.45. The maximum absolute atomic E-state index is 8.74. The van der Waals surface area contributed by atoms with Crippen LogP contribution in [0.1, 0.15) is 11.1 Å². The molecule has 0 aliphatic carbocycles. The molecule has 0 saturated heterocycles. The van der Waals surface area contributed by atoms with Crippen molar-refractivity contribution >= 4 is 46.6 Å². The lowest BCUT2D eigenvalue weighted by molar-refractivity contribution is 0.405. The summed E-state index contributed by atoms with van der Waals surface area (Å²) in [6.07, 6.45) is 4.81. The summed E-state index contributed by atoms with van der Waals surface area (Å²) in [5.41, 5.74) is 2.53. The molecule has 0 fully saturated rings. The minimum atomic E-state index is -3.13. The van der Waals surface area contributed by atoms with Gasteiger partial charge in [-0.25, -0.2) is 0 Å². The van der Waals surface area contributed by atoms with Gasteiger partial charge in [-0.1, -0.05) is 67.3 Å². The Morgan fingerprint density at radius 2 is 1.52 bits per heavy atom. The fourth-order valence-corrected chi connectivity index (χ4v) is 3.46. The summed E-state index contributed by atoms with van der Waals surface area (Å²) in [7, 11) is -3.13. The molecule has 0 aromatic heterocycles. The molecule has 0 heterocycles. The number of rotatable bonds is 3. The van der Waals surface area contributed by atoms with Crippen molar-refractivity contribution in [1.82, 2.24) is 0 Å². The first kappa shape index (κ1) is 17.4. The Kier molecular flexibility index (Phi) is 5.00. The summed E-state index contributed by atoms with van der Waals surface area (Å²) >= 11 is 0. The van der Waals surface area contributed by atoms with Gasteiger partial charge in [-0.05, 0) is 49.9 Å². The minimum Gasteiger partial charge on any atom is -0.326 e. The van der Waals surface area contributed by atoms with Crippen LogP contribution in [0, 0.1) is 0 Å². The first-order valence-electron chi connectivity index (χ1n) is 7.91. The SMILES string of the molecule is C=CCc1cc2ccc3cccc4ccc(c1C=C)c2c34.O=[PH](O)O. The molecule has 0 amide bonds. The van der Waals surface area contributed by atoms with E-state index >= 15 is 0 Å². The second kappa shape index (κ2) is 7.20. The largest absolute Gasteiger partial charge is 0.326 e. The van der Waals surface area contributed by atoms with Crippen LogP contribution in [0.4, 0.5) is 0 Å². The average molecular weight is 350 g/mol. The Labute approximate surface area is 146 Å². The quantitative estimate of drug-likeness (QED) is 0.299. The van der Waals surface area contributed by atoms with E-state index in [-0.39, 0.29) is 0 Å². The van der Waals surface area contributed by atoms with Gasteiger partial charge in [0.05, 0.1) is 0 Å². The molecule has 0 spiro atoms. The van der Waals surface area contributed by atoms with Crippen LogP contribution in [0.2, 0.25) is 0 Å². The van der Waals surface area contributed by atoms with Crippen LogP contribution in [0.15, 0.2) is 67.8 Å². The number of hydrogen-bond donors (Lipinski definition) is 2. The average Bonchev–Trinajstić information content (AvgIpc) is 2.59. The molecule has 0 aliphatic heterocycles. The maximum Gasteiger partial charge on any atom is 0.314 e. The monoisotopic (exact) mass is 350 g/mol. The number of allylic oxidation sites excluding steroid dienone is 1. The summed E-state index contributed by atoms with van der Waals surface area (Å²) in [6, 6.07) is 17.7. The molecular weight excluding hydrogens is 331 g/mol. The van der Waals surface area contributed by atoms with E-state index in [0.717, 1.165) is 6.42 Å². The van der Waals surface area contributed by atoms with Crippen molar-refractivity contribution in [1.29, 1.82) is 0 Å². The van der Waals surface area contributed by atoms with Gasteiger partial charge in [-0.2, -0.15) is 0 Å². The molecular formula is C21H19O3P. The molecule has 0 atom stereocenters. The fraction of sp³-hybridized carbons (Fsp3) is 0.0476. The van der Waals surface area contributed by atoms with E-state index in [1.54, 1.807) is 0 Å². The molecule has 4 aromatic rings. The normalized spacial score (nSPS) is 11.0. The first-order chi connectivity index (χ1) is 12.1. The Balaban J connectivity index is 0.000000415. The van der Waals surface area contributed by atoms with E-state index in [1.165, 1.54) is 43.4 Å². The van der Waals surface area contributed by atoms with Crippen LogP contribution >= 0.6 is 8.25 Å². The third-order valence-corrected chi connectivity index (χ3v) is 4.34. The minimum absolute atomic E-state index is 0.873. The van der Waals surface area contributed by atoms with Crippen molar-refractivity contribution in [2.75, 3.05) is 0 Å². The molecule has 0 aliphatic rings. The van der Waals surface area contributed by atoms with Gasteiger partial charge in [0.25, 0.3) is 0 Å². The molecule has 2 N–H and O–H groups in total. The van der Waals surface area contributed by atoms with Crippen molar-refractivity contribution in [2.24, 2.45) is 0 Å². The van der Waals surface area contributed by atoms with Crippen LogP contribution in [-0.2, 0) is 11.0 Å². The van der Waals surface area contributed by atoms with Crippen LogP contribution in [0.25, 0.3) is 38.4 Å². The van der Waals surface area contributed by atoms with Gasteiger partial charge < -0.3 is 9.79 Å². The number of benzene rings is 4. The Bertz CT molecular complexity index is 1080. The van der Waals surface area contributed by atoms with Crippen molar-refractivity contribution in [2.45, 2.75) is 6.42 Å². The number of hydrogen-bond acceptors (Lipinski definition) is 1. The lowest BCUT2D eigenvalue weighted by Crippen LogP contribution is -1.92. The zero-order valence-electron chi connectivity index (χ0n) is 13.7. The van der Waals surface area contributed by atoms with E-state index in [9.17, 15) is 0 Å². The smallest absolute Gasteiger partial charge is 0.314 e. The topological polar surface area (TPSA) is 57.5 Å². The Morgan fingerprint density at radius 3 is 2.12 bits per heavy atom. The van der Waals surface area contributed by atoms with Gasteiger partial charge in [-0.15, -0.1) is 6.58 Å². The third kappa shape index (κ3) is 3.22. The van der Waals surface area contributed by atoms with E-state index in [1.807, 2.05) is 12.2 Å². The predicted octanol–water partition coefficient (Wildman–Crippen LogP) is 5.32. The van der Waals surface area contributed by atoms with E-state index in [0.29, 0.717) is 0 Å². The molecule has 0 bridgehead atoms. The van der Waals surface area contributed by atoms with Gasteiger partial charge in [0, 0.05) is 0 Å². The molecule has 0 unspecified atom stereocenters. The summed E-state index contributed by atoms with van der Waals surface area (Å²) in [4.78, 5) is 14.3. The maximum atomic E-state index is 8.74. The van der Waals surface area contributed by atoms with E-state index < -0.39 is 8.25 Å². The van der Waals surface area contributed by atoms with Crippen LogP contribution in [-0.4, -0.2) is 9.79 Å². The summed E-state index contributed by atoms with van der Waals surface area (Å²) in [5.74, 6) is 0. The van der Waals surface area contributed by atoms with E-state index in [4.69, 9.17) is 14.4 Å². The summed E-state index contributed by atoms with van der Waals surface area (Å²) in [6.45, 7) is 7.90. The van der Waals surface area contributed by atoms with Gasteiger partial charge in [-0.3, -0.25) is 4.57 Å². The van der Waals surface area contributed by atoms with Crippen molar-refractivity contribution in [3.63, 3.8) is 0 Å². The Morgan fingerprint density at radius 1 is 0.920 bits per heavy atom. The molecule has 4 rings (SSSR count). The molecule has 25 heavy (non-hydrogen) atoms. The predicted molar refractivity (Wildman–Crippen MR) is 108 cm³/mol. The third-order valence-electron chi connectivity index (χ3n) is 4.34. The van der Waals surface area contributed by atoms with Crippen LogP contribution < -0.4 is 0 Å². The van der Waals surface area contributed by atoms with Crippen molar-refractivity contribution < 1.29 is 14.4 Å². The molecule has 0 radical (unpaired) electrons. The fourth-order valence-electron chi connectivity index (χ4n) is 3.46. The van der Waals surface area contributed by atoms with E-state index in [2.05, 4.69) is 61.7 Å². The summed E-state index contributed by atoms with van der Waals surface area (Å²) in [5, 5.41) is 7.92.